The number of nitrogens with one attached hydrogen (secondary N) is 2. The molecule has 1 atom stereocenters. The number of hydrogen-bond donors (Lipinski definition) is 2. The number of quaternary nitrogens is 1. The maximum Gasteiger partial charge on any atom is 0.120 e. The van der Waals surface area contributed by atoms with Gasteiger partial charge in [-0.05, 0) is 17.5 Å². The highest BCUT2D eigenvalue weighted by atomic mass is 31.1. The summed E-state index contributed by atoms with van der Waals surface area (Å²) in [5.74, 6) is 0. The van der Waals surface area contributed by atoms with Gasteiger partial charge in [0.25, 0.3) is 0 Å². The lowest BCUT2D eigenvalue weighted by molar-refractivity contribution is -0.871. The Hall–Kier alpha value is -2.13. The van der Waals surface area contributed by atoms with Gasteiger partial charge in [0.05, 0.1) is 38.0 Å². The van der Waals surface area contributed by atoms with Crippen molar-refractivity contribution in [3.63, 3.8) is 0 Å². The Bertz CT molecular complexity index is 933. The third-order valence-electron chi connectivity index (χ3n) is 5.87. The predicted octanol–water partition coefficient (Wildman–Crippen LogP) is 3.17. The molecule has 0 bridgehead atoms. The highest BCUT2D eigenvalue weighted by Crippen LogP contribution is 2.59. The second-order valence-corrected chi connectivity index (χ2v) is 10.7. The van der Waals surface area contributed by atoms with E-state index in [9.17, 15) is 0 Å². The molecule has 1 unspecified atom stereocenters. The van der Waals surface area contributed by atoms with Gasteiger partial charge in [0.15, 0.2) is 0 Å². The predicted molar refractivity (Wildman–Crippen MR) is 120 cm³/mol. The van der Waals surface area contributed by atoms with Crippen molar-refractivity contribution in [2.24, 2.45) is 5.41 Å². The number of hydrazine groups is 1. The van der Waals surface area contributed by atoms with E-state index >= 15 is 0 Å². The zero-order chi connectivity index (χ0) is 19.8. The molecular weight excluding hydrogens is 377 g/mol. The Morgan fingerprint density at radius 2 is 1.62 bits per heavy atom. The number of para-hydroxylation sites is 1. The minimum atomic E-state index is -0.671. The molecule has 1 aliphatic carbocycles. The van der Waals surface area contributed by atoms with E-state index in [4.69, 9.17) is 4.74 Å². The van der Waals surface area contributed by atoms with Crippen LogP contribution >= 0.6 is 8.07 Å². The van der Waals surface area contributed by atoms with Crippen molar-refractivity contribution in [1.82, 2.24) is 5.43 Å². The number of nitrogens with zero attached hydrogens (tertiary/aromatic N) is 1. The summed E-state index contributed by atoms with van der Waals surface area (Å²) < 4.78 is 8.09. The van der Waals surface area contributed by atoms with Crippen LogP contribution in [0.2, 0.25) is 0 Å². The van der Waals surface area contributed by atoms with Gasteiger partial charge < -0.3 is 9.64 Å². The van der Waals surface area contributed by atoms with E-state index in [2.05, 4.69) is 90.8 Å². The van der Waals surface area contributed by atoms with E-state index in [0.717, 1.165) is 32.7 Å². The number of anilines is 1. The smallest absolute Gasteiger partial charge is 0.120 e. The summed E-state index contributed by atoms with van der Waals surface area (Å²) in [5.41, 5.74) is 8.05. The molecule has 0 amide bonds. The van der Waals surface area contributed by atoms with E-state index < -0.39 is 8.07 Å². The number of benzene rings is 2. The van der Waals surface area contributed by atoms with E-state index in [-0.39, 0.29) is 5.41 Å². The van der Waals surface area contributed by atoms with Gasteiger partial charge in [0, 0.05) is 11.7 Å². The van der Waals surface area contributed by atoms with Crippen LogP contribution in [0.25, 0.3) is 0 Å². The van der Waals surface area contributed by atoms with Crippen LogP contribution in [0.1, 0.15) is 20.3 Å². The first-order valence-electron chi connectivity index (χ1n) is 10.5. The number of morpholine rings is 1. The van der Waals surface area contributed by atoms with Crippen LogP contribution in [0.3, 0.4) is 0 Å². The van der Waals surface area contributed by atoms with Crippen LogP contribution < -0.4 is 20.4 Å². The SMILES string of the molecule is CC1(C)C=C2NN(c3ccccc3)P(c3ccccc3)C2=C([NH+]2CCOCC2)C1. The molecule has 2 saturated heterocycles. The van der Waals surface area contributed by atoms with Gasteiger partial charge in [-0.3, -0.25) is 10.2 Å². The molecule has 2 aromatic carbocycles. The van der Waals surface area contributed by atoms with E-state index in [1.165, 1.54) is 22.0 Å². The molecule has 2 fully saturated rings. The summed E-state index contributed by atoms with van der Waals surface area (Å²) in [5, 5.41) is 2.91. The number of allylic oxidation sites excluding steroid dienone is 3. The quantitative estimate of drug-likeness (QED) is 0.768. The monoisotopic (exact) mass is 406 g/mol. The van der Waals surface area contributed by atoms with Crippen molar-refractivity contribution in [2.75, 3.05) is 31.1 Å². The minimum Gasteiger partial charge on any atom is -0.370 e. The maximum atomic E-state index is 5.68. The summed E-state index contributed by atoms with van der Waals surface area (Å²) in [6, 6.07) is 21.7. The van der Waals surface area contributed by atoms with Gasteiger partial charge >= 0.3 is 0 Å². The van der Waals surface area contributed by atoms with Crippen molar-refractivity contribution in [3.8, 4) is 0 Å². The third kappa shape index (κ3) is 3.61. The second-order valence-electron chi connectivity index (χ2n) is 8.67. The first kappa shape index (κ1) is 18.9. The van der Waals surface area contributed by atoms with Crippen molar-refractivity contribution in [3.05, 3.63) is 83.4 Å². The van der Waals surface area contributed by atoms with Crippen molar-refractivity contribution >= 4 is 19.1 Å². The highest BCUT2D eigenvalue weighted by Gasteiger charge is 2.44. The summed E-state index contributed by atoms with van der Waals surface area (Å²) in [6.07, 6.45) is 3.56. The zero-order valence-electron chi connectivity index (χ0n) is 17.2. The Morgan fingerprint density at radius 3 is 2.31 bits per heavy atom. The summed E-state index contributed by atoms with van der Waals surface area (Å²) in [7, 11) is -0.671. The summed E-state index contributed by atoms with van der Waals surface area (Å²) >= 11 is 0. The van der Waals surface area contributed by atoms with Crippen LogP contribution in [0.15, 0.2) is 83.4 Å². The highest BCUT2D eigenvalue weighted by molar-refractivity contribution is 7.71. The number of ether oxygens (including phenoxy) is 1. The minimum absolute atomic E-state index is 0.150. The molecule has 4 nitrogen and oxygen atoms in total. The van der Waals surface area contributed by atoms with Gasteiger partial charge in [-0.1, -0.05) is 68.5 Å². The molecule has 2 aliphatic heterocycles. The molecule has 29 heavy (non-hydrogen) atoms. The van der Waals surface area contributed by atoms with Crippen molar-refractivity contribution in [2.45, 2.75) is 20.3 Å². The topological polar surface area (TPSA) is 28.9 Å². The molecule has 5 rings (SSSR count). The van der Waals surface area contributed by atoms with Gasteiger partial charge in [-0.15, -0.1) is 0 Å². The average molecular weight is 406 g/mol. The van der Waals surface area contributed by atoms with Gasteiger partial charge in [-0.25, -0.2) is 0 Å². The number of hydrogen-bond acceptors (Lipinski definition) is 3. The maximum absolute atomic E-state index is 5.68. The summed E-state index contributed by atoms with van der Waals surface area (Å²) in [4.78, 5) is 1.60. The number of fused-ring (bicyclic) bond motifs is 1. The first-order valence-corrected chi connectivity index (χ1v) is 11.8. The Balaban J connectivity index is 1.68. The van der Waals surface area contributed by atoms with Gasteiger partial charge in [0.2, 0.25) is 0 Å². The number of rotatable bonds is 3. The van der Waals surface area contributed by atoms with Gasteiger partial charge in [0.1, 0.15) is 18.8 Å². The van der Waals surface area contributed by atoms with Crippen LogP contribution in [0.4, 0.5) is 5.69 Å². The Labute approximate surface area is 174 Å². The fourth-order valence-electron chi connectivity index (χ4n) is 4.58. The molecule has 0 saturated carbocycles. The third-order valence-corrected chi connectivity index (χ3v) is 8.32. The fourth-order valence-corrected chi connectivity index (χ4v) is 7.13. The molecule has 0 spiro atoms. The van der Waals surface area contributed by atoms with Gasteiger partial charge in [-0.2, -0.15) is 0 Å². The lowest BCUT2D eigenvalue weighted by Gasteiger charge is -2.34. The fraction of sp³-hybridized carbons (Fsp3) is 0.333. The van der Waals surface area contributed by atoms with E-state index in [1.807, 2.05) is 0 Å². The molecule has 3 aliphatic rings. The Morgan fingerprint density at radius 1 is 0.966 bits per heavy atom. The first-order chi connectivity index (χ1) is 14.1. The molecule has 0 aromatic heterocycles. The van der Waals surface area contributed by atoms with Crippen LogP contribution in [0, 0.1) is 5.41 Å². The Kier molecular flexibility index (Phi) is 4.95. The largest absolute Gasteiger partial charge is 0.370 e. The molecule has 0 radical (unpaired) electrons. The van der Waals surface area contributed by atoms with Crippen LogP contribution in [-0.4, -0.2) is 26.3 Å². The molecular formula is C24H29N3OP+. The molecule has 150 valence electrons. The molecule has 2 N–H and O–H groups in total. The average Bonchev–Trinajstić information content (AvgIpc) is 3.13. The second kappa shape index (κ2) is 7.60. The molecule has 5 heteroatoms. The van der Waals surface area contributed by atoms with Crippen LogP contribution in [-0.2, 0) is 4.74 Å². The molecule has 2 aromatic rings. The van der Waals surface area contributed by atoms with E-state index in [1.54, 1.807) is 10.6 Å². The molecule has 2 heterocycles. The normalized spacial score (nSPS) is 24.1. The van der Waals surface area contributed by atoms with E-state index in [0.29, 0.717) is 0 Å². The lowest BCUT2D eigenvalue weighted by Crippen LogP contribution is -3.12. The van der Waals surface area contributed by atoms with Crippen molar-refractivity contribution < 1.29 is 9.64 Å². The van der Waals surface area contributed by atoms with Crippen molar-refractivity contribution in [1.29, 1.82) is 0 Å². The lowest BCUT2D eigenvalue weighted by atomic mass is 9.82. The zero-order valence-corrected chi connectivity index (χ0v) is 18.1. The van der Waals surface area contributed by atoms with Crippen LogP contribution in [0.5, 0.6) is 0 Å². The standard InChI is InChI=1S/C24H28N3OP/c1-24(2)17-21-23(22(18-24)26-13-15-28-16-14-26)29(20-11-7-4-8-12-20)27(25-21)19-9-5-3-6-10-19/h3-12,17,25H,13-16,18H2,1-2H3/p+1. The summed E-state index contributed by atoms with van der Waals surface area (Å²) in [6.45, 7) is 8.54.